The summed E-state index contributed by atoms with van der Waals surface area (Å²) in [6, 6.07) is 9.24. The van der Waals surface area contributed by atoms with Crippen molar-refractivity contribution < 1.29 is 14.3 Å². The zero-order valence-electron chi connectivity index (χ0n) is 16.3. The van der Waals surface area contributed by atoms with Crippen molar-refractivity contribution in [1.29, 1.82) is 0 Å². The molecule has 0 spiro atoms. The molecule has 1 aromatic carbocycles. The van der Waals surface area contributed by atoms with Crippen molar-refractivity contribution in [2.24, 2.45) is 0 Å². The van der Waals surface area contributed by atoms with Gasteiger partial charge in [0.2, 0.25) is 11.8 Å². The molecule has 2 heterocycles. The van der Waals surface area contributed by atoms with Gasteiger partial charge in [-0.25, -0.2) is 0 Å². The normalized spacial score (nSPS) is 17.1. The van der Waals surface area contributed by atoms with Gasteiger partial charge in [0.05, 0.1) is 19.6 Å². The summed E-state index contributed by atoms with van der Waals surface area (Å²) in [6.07, 6.45) is 3.53. The molecule has 2 aromatic rings. The van der Waals surface area contributed by atoms with Crippen molar-refractivity contribution in [3.05, 3.63) is 59.4 Å². The highest BCUT2D eigenvalue weighted by Crippen LogP contribution is 2.21. The van der Waals surface area contributed by atoms with Crippen LogP contribution in [0.1, 0.15) is 23.1 Å². The molecule has 0 radical (unpaired) electrons. The summed E-state index contributed by atoms with van der Waals surface area (Å²) in [7, 11) is 1.65. The van der Waals surface area contributed by atoms with Crippen LogP contribution < -0.4 is 15.4 Å². The minimum atomic E-state index is -0.481. The van der Waals surface area contributed by atoms with Gasteiger partial charge in [-0.2, -0.15) is 0 Å². The van der Waals surface area contributed by atoms with Gasteiger partial charge >= 0.3 is 0 Å². The first-order valence-electron chi connectivity index (χ1n) is 9.37. The van der Waals surface area contributed by atoms with Gasteiger partial charge < -0.3 is 15.4 Å². The summed E-state index contributed by atoms with van der Waals surface area (Å²) in [4.78, 5) is 30.9. The van der Waals surface area contributed by atoms with E-state index in [0.717, 1.165) is 22.4 Å². The Morgan fingerprint density at radius 3 is 2.93 bits per heavy atom. The maximum absolute atomic E-state index is 12.4. The van der Waals surface area contributed by atoms with E-state index in [9.17, 15) is 9.59 Å². The summed E-state index contributed by atoms with van der Waals surface area (Å²) in [5.41, 5.74) is 3.07. The van der Waals surface area contributed by atoms with Gasteiger partial charge in [0.15, 0.2) is 0 Å². The van der Waals surface area contributed by atoms with Crippen LogP contribution in [0.15, 0.2) is 42.7 Å². The minimum Gasteiger partial charge on any atom is -0.496 e. The number of carbonyl (C=O) groups excluding carboxylic acids is 2. The second-order valence-corrected chi connectivity index (χ2v) is 6.92. The molecule has 7 nitrogen and oxygen atoms in total. The van der Waals surface area contributed by atoms with E-state index in [1.807, 2.05) is 31.2 Å². The summed E-state index contributed by atoms with van der Waals surface area (Å²) < 4.78 is 5.31. The van der Waals surface area contributed by atoms with Crippen molar-refractivity contribution >= 4 is 11.8 Å². The highest BCUT2D eigenvalue weighted by Gasteiger charge is 2.31. The number of carbonyl (C=O) groups is 2. The molecule has 1 aromatic heterocycles. The number of hydrogen-bond donors (Lipinski definition) is 2. The number of nitrogens with one attached hydrogen (secondary N) is 2. The van der Waals surface area contributed by atoms with Crippen LogP contribution in [-0.4, -0.2) is 47.9 Å². The number of pyridine rings is 1. The van der Waals surface area contributed by atoms with E-state index < -0.39 is 6.04 Å². The lowest BCUT2D eigenvalue weighted by Crippen LogP contribution is -2.56. The predicted molar refractivity (Wildman–Crippen MR) is 106 cm³/mol. The number of hydrogen-bond acceptors (Lipinski definition) is 5. The van der Waals surface area contributed by atoms with E-state index in [1.165, 1.54) is 0 Å². The lowest BCUT2D eigenvalue weighted by Gasteiger charge is -2.34. The molecule has 1 aliphatic heterocycles. The molecule has 28 heavy (non-hydrogen) atoms. The Kier molecular flexibility index (Phi) is 6.60. The lowest BCUT2D eigenvalue weighted by atomic mass is 10.0. The molecule has 0 aliphatic carbocycles. The predicted octanol–water partition coefficient (Wildman–Crippen LogP) is 1.41. The van der Waals surface area contributed by atoms with Gasteiger partial charge in [-0.15, -0.1) is 0 Å². The quantitative estimate of drug-likeness (QED) is 0.756. The van der Waals surface area contributed by atoms with Crippen LogP contribution in [0.3, 0.4) is 0 Å². The highest BCUT2D eigenvalue weighted by molar-refractivity contribution is 5.88. The number of aryl methyl sites for hydroxylation is 1. The van der Waals surface area contributed by atoms with Crippen LogP contribution in [0.2, 0.25) is 0 Å². The van der Waals surface area contributed by atoms with E-state index in [0.29, 0.717) is 26.2 Å². The molecular formula is C21H26N4O3. The fourth-order valence-corrected chi connectivity index (χ4v) is 3.40. The number of methoxy groups -OCH3 is 1. The maximum atomic E-state index is 12.4. The maximum Gasteiger partial charge on any atom is 0.237 e. The van der Waals surface area contributed by atoms with Crippen molar-refractivity contribution in [1.82, 2.24) is 20.5 Å². The summed E-state index contributed by atoms with van der Waals surface area (Å²) in [5.74, 6) is 0.585. The van der Waals surface area contributed by atoms with Crippen molar-refractivity contribution in [3.63, 3.8) is 0 Å². The molecule has 3 rings (SSSR count). The van der Waals surface area contributed by atoms with Gasteiger partial charge in [0.25, 0.3) is 0 Å². The highest BCUT2D eigenvalue weighted by atomic mass is 16.5. The topological polar surface area (TPSA) is 83.6 Å². The first-order chi connectivity index (χ1) is 13.6. The molecule has 0 bridgehead atoms. The van der Waals surface area contributed by atoms with Crippen molar-refractivity contribution in [3.8, 4) is 5.75 Å². The number of benzene rings is 1. The molecular weight excluding hydrogens is 356 g/mol. The van der Waals surface area contributed by atoms with Crippen LogP contribution >= 0.6 is 0 Å². The third-order valence-electron chi connectivity index (χ3n) is 4.88. The van der Waals surface area contributed by atoms with Gasteiger partial charge in [-0.1, -0.05) is 18.2 Å². The molecule has 0 saturated carbocycles. The number of nitrogens with zero attached hydrogens (tertiary/aromatic N) is 2. The SMILES string of the molecule is COc1ccc(CN2CCNC(=O)[C@@H]2CC(=O)NCc2cccnc2)cc1C. The summed E-state index contributed by atoms with van der Waals surface area (Å²) >= 11 is 0. The largest absolute Gasteiger partial charge is 0.496 e. The Hall–Kier alpha value is -2.93. The van der Waals surface area contributed by atoms with Crippen LogP contribution in [0.25, 0.3) is 0 Å². The molecule has 1 saturated heterocycles. The second-order valence-electron chi connectivity index (χ2n) is 6.92. The second kappa shape index (κ2) is 9.32. The van der Waals surface area contributed by atoms with E-state index in [2.05, 4.69) is 26.6 Å². The molecule has 1 fully saturated rings. The molecule has 2 amide bonds. The van der Waals surface area contributed by atoms with E-state index in [4.69, 9.17) is 4.74 Å². The van der Waals surface area contributed by atoms with Gasteiger partial charge in [-0.3, -0.25) is 19.5 Å². The van der Waals surface area contributed by atoms with Gasteiger partial charge in [0, 0.05) is 38.6 Å². The Bertz CT molecular complexity index is 826. The zero-order valence-corrected chi connectivity index (χ0v) is 16.3. The number of rotatable bonds is 7. The Balaban J connectivity index is 1.62. The number of aromatic nitrogens is 1. The first-order valence-corrected chi connectivity index (χ1v) is 9.37. The monoisotopic (exact) mass is 382 g/mol. The Morgan fingerprint density at radius 2 is 2.21 bits per heavy atom. The molecule has 1 atom stereocenters. The lowest BCUT2D eigenvalue weighted by molar-refractivity contribution is -0.134. The van der Waals surface area contributed by atoms with E-state index >= 15 is 0 Å². The molecule has 1 aliphatic rings. The van der Waals surface area contributed by atoms with Crippen molar-refractivity contribution in [2.45, 2.75) is 32.5 Å². The van der Waals surface area contributed by atoms with Crippen LogP contribution in [-0.2, 0) is 22.7 Å². The molecule has 2 N–H and O–H groups in total. The van der Waals surface area contributed by atoms with Crippen LogP contribution in [0.4, 0.5) is 0 Å². The van der Waals surface area contributed by atoms with E-state index in [1.54, 1.807) is 19.5 Å². The summed E-state index contributed by atoms with van der Waals surface area (Å²) in [5, 5.41) is 5.74. The number of piperazine rings is 1. The Labute approximate surface area is 165 Å². The fourth-order valence-electron chi connectivity index (χ4n) is 3.40. The van der Waals surface area contributed by atoms with Gasteiger partial charge in [-0.05, 0) is 35.7 Å². The first kappa shape index (κ1) is 19.8. The zero-order chi connectivity index (χ0) is 19.9. The Morgan fingerprint density at radius 1 is 1.36 bits per heavy atom. The van der Waals surface area contributed by atoms with Crippen LogP contribution in [0.5, 0.6) is 5.75 Å². The standard InChI is InChI=1S/C21H26N4O3/c1-15-10-16(5-6-19(15)28-2)14-25-9-8-23-21(27)18(25)11-20(26)24-13-17-4-3-7-22-12-17/h3-7,10,12,18H,8-9,11,13-14H2,1-2H3,(H,23,27)(H,24,26)/t18-/m0/s1. The van der Waals surface area contributed by atoms with Gasteiger partial charge in [0.1, 0.15) is 5.75 Å². The van der Waals surface area contributed by atoms with E-state index in [-0.39, 0.29) is 18.2 Å². The van der Waals surface area contributed by atoms with Crippen molar-refractivity contribution in [2.75, 3.05) is 20.2 Å². The smallest absolute Gasteiger partial charge is 0.237 e. The molecule has 148 valence electrons. The van der Waals surface area contributed by atoms with Crippen LogP contribution in [0, 0.1) is 6.92 Å². The average molecular weight is 382 g/mol. The third-order valence-corrected chi connectivity index (χ3v) is 4.88. The third kappa shape index (κ3) is 5.07. The number of ether oxygens (including phenoxy) is 1. The summed E-state index contributed by atoms with van der Waals surface area (Å²) in [6.45, 7) is 4.30. The minimum absolute atomic E-state index is 0.104. The molecule has 7 heteroatoms. The average Bonchev–Trinajstić information content (AvgIpc) is 2.70. The molecule has 0 unspecified atom stereocenters. The number of amides is 2. The fraction of sp³-hybridized carbons (Fsp3) is 0.381.